The lowest BCUT2D eigenvalue weighted by molar-refractivity contribution is 0.549. The number of benzene rings is 1. The van der Waals surface area contributed by atoms with E-state index in [2.05, 4.69) is 46.8 Å². The van der Waals surface area contributed by atoms with Crippen LogP contribution in [0.3, 0.4) is 0 Å². The van der Waals surface area contributed by atoms with Crippen LogP contribution < -0.4 is 5.73 Å². The van der Waals surface area contributed by atoms with Crippen LogP contribution >= 0.6 is 0 Å². The summed E-state index contributed by atoms with van der Waals surface area (Å²) in [5.41, 5.74) is 11.6. The Bertz CT molecular complexity index is 440. The van der Waals surface area contributed by atoms with Crippen LogP contribution in [-0.4, -0.2) is 0 Å². The van der Waals surface area contributed by atoms with Crippen LogP contribution in [-0.2, 0) is 12.0 Å². The molecule has 0 fully saturated rings. The zero-order valence-electron chi connectivity index (χ0n) is 15.6. The lowest BCUT2D eigenvalue weighted by Gasteiger charge is -2.24. The van der Waals surface area contributed by atoms with Crippen molar-refractivity contribution < 1.29 is 0 Å². The van der Waals surface area contributed by atoms with E-state index in [-0.39, 0.29) is 5.54 Å². The van der Waals surface area contributed by atoms with Gasteiger partial charge >= 0.3 is 0 Å². The lowest BCUT2D eigenvalue weighted by atomic mass is 9.86. The van der Waals surface area contributed by atoms with Gasteiger partial charge in [0.1, 0.15) is 0 Å². The monoisotopic (exact) mass is 303 g/mol. The van der Waals surface area contributed by atoms with E-state index in [4.69, 9.17) is 5.73 Å². The van der Waals surface area contributed by atoms with Crippen molar-refractivity contribution >= 4 is 0 Å². The molecule has 1 aromatic carbocycles. The predicted molar refractivity (Wildman–Crippen MR) is 99.4 cm³/mol. The van der Waals surface area contributed by atoms with Gasteiger partial charge in [0.05, 0.1) is 0 Å². The van der Waals surface area contributed by atoms with E-state index < -0.39 is 0 Å². The fraction of sp³-hybridized carbons (Fsp3) is 0.714. The second-order valence-electron chi connectivity index (χ2n) is 7.47. The Balaban J connectivity index is 2.40. The van der Waals surface area contributed by atoms with Crippen LogP contribution in [0.1, 0.15) is 94.4 Å². The standard InChI is InChI=1S/C21H37N/c1-6-7-8-9-10-11-12-13-14-19-15-16-20(21(4,5)22)18(3)17(19)2/h15-16H,6-14,22H2,1-5H3. The molecule has 0 amide bonds. The van der Waals surface area contributed by atoms with E-state index in [9.17, 15) is 0 Å². The molecule has 0 radical (unpaired) electrons. The summed E-state index contributed by atoms with van der Waals surface area (Å²) < 4.78 is 0. The molecule has 0 heterocycles. The first-order valence-corrected chi connectivity index (χ1v) is 9.26. The van der Waals surface area contributed by atoms with E-state index in [1.807, 2.05) is 0 Å². The molecule has 2 N–H and O–H groups in total. The fourth-order valence-electron chi connectivity index (χ4n) is 3.29. The van der Waals surface area contributed by atoms with Crippen molar-refractivity contribution in [3.05, 3.63) is 34.4 Å². The van der Waals surface area contributed by atoms with E-state index in [1.54, 1.807) is 0 Å². The number of rotatable bonds is 10. The quantitative estimate of drug-likeness (QED) is 0.513. The smallest absolute Gasteiger partial charge is 0.0355 e. The highest BCUT2D eigenvalue weighted by molar-refractivity contribution is 5.42. The van der Waals surface area contributed by atoms with Gasteiger partial charge in [-0.25, -0.2) is 0 Å². The van der Waals surface area contributed by atoms with Crippen molar-refractivity contribution in [1.29, 1.82) is 0 Å². The van der Waals surface area contributed by atoms with Crippen molar-refractivity contribution in [3.8, 4) is 0 Å². The highest BCUT2D eigenvalue weighted by atomic mass is 14.7. The third kappa shape index (κ3) is 6.12. The molecule has 0 aliphatic carbocycles. The van der Waals surface area contributed by atoms with Gasteiger partial charge in [-0.3, -0.25) is 0 Å². The fourth-order valence-corrected chi connectivity index (χ4v) is 3.29. The SMILES string of the molecule is CCCCCCCCCCc1ccc(C(C)(C)N)c(C)c1C. The summed E-state index contributed by atoms with van der Waals surface area (Å²) in [7, 11) is 0. The maximum absolute atomic E-state index is 6.27. The molecule has 0 aliphatic heterocycles. The maximum Gasteiger partial charge on any atom is 0.0355 e. The second-order valence-corrected chi connectivity index (χ2v) is 7.47. The molecule has 0 atom stereocenters. The minimum atomic E-state index is -0.244. The maximum atomic E-state index is 6.27. The van der Waals surface area contributed by atoms with Gasteiger partial charge in [0.25, 0.3) is 0 Å². The molecule has 0 spiro atoms. The number of unbranched alkanes of at least 4 members (excludes halogenated alkanes) is 7. The molecule has 0 aliphatic rings. The normalized spacial score (nSPS) is 11.9. The first-order chi connectivity index (χ1) is 10.4. The van der Waals surface area contributed by atoms with Crippen LogP contribution in [0.25, 0.3) is 0 Å². The summed E-state index contributed by atoms with van der Waals surface area (Å²) in [5, 5.41) is 0. The van der Waals surface area contributed by atoms with Crippen molar-refractivity contribution in [2.75, 3.05) is 0 Å². The molecule has 0 bridgehead atoms. The molecule has 1 aromatic rings. The molecule has 1 heteroatoms. The molecule has 0 aromatic heterocycles. The van der Waals surface area contributed by atoms with Gasteiger partial charge in [0.15, 0.2) is 0 Å². The Morgan fingerprint density at radius 3 is 1.91 bits per heavy atom. The third-order valence-electron chi connectivity index (χ3n) is 4.89. The van der Waals surface area contributed by atoms with Crippen LogP contribution in [0.15, 0.2) is 12.1 Å². The first-order valence-electron chi connectivity index (χ1n) is 9.26. The molecule has 22 heavy (non-hydrogen) atoms. The van der Waals surface area contributed by atoms with Gasteiger partial charge in [-0.05, 0) is 62.8 Å². The molecule has 0 saturated heterocycles. The Hall–Kier alpha value is -0.820. The average molecular weight is 304 g/mol. The van der Waals surface area contributed by atoms with Crippen molar-refractivity contribution in [2.24, 2.45) is 5.73 Å². The van der Waals surface area contributed by atoms with E-state index in [0.29, 0.717) is 0 Å². The third-order valence-corrected chi connectivity index (χ3v) is 4.89. The molecular formula is C21H37N. The Morgan fingerprint density at radius 2 is 1.36 bits per heavy atom. The van der Waals surface area contributed by atoms with E-state index >= 15 is 0 Å². The van der Waals surface area contributed by atoms with E-state index in [1.165, 1.54) is 80.0 Å². The molecule has 126 valence electrons. The van der Waals surface area contributed by atoms with Gasteiger partial charge in [0.2, 0.25) is 0 Å². The Morgan fingerprint density at radius 1 is 0.818 bits per heavy atom. The van der Waals surface area contributed by atoms with Crippen LogP contribution in [0, 0.1) is 13.8 Å². The summed E-state index contributed by atoms with van der Waals surface area (Å²) in [5.74, 6) is 0. The van der Waals surface area contributed by atoms with Crippen LogP contribution in [0.5, 0.6) is 0 Å². The van der Waals surface area contributed by atoms with Crippen molar-refractivity contribution in [3.63, 3.8) is 0 Å². The van der Waals surface area contributed by atoms with Gasteiger partial charge in [-0.2, -0.15) is 0 Å². The average Bonchev–Trinajstić information content (AvgIpc) is 2.44. The van der Waals surface area contributed by atoms with E-state index in [0.717, 1.165) is 0 Å². The number of hydrogen-bond donors (Lipinski definition) is 1. The van der Waals surface area contributed by atoms with Gasteiger partial charge in [-0.1, -0.05) is 64.0 Å². The van der Waals surface area contributed by atoms with Gasteiger partial charge in [0, 0.05) is 5.54 Å². The lowest BCUT2D eigenvalue weighted by Crippen LogP contribution is -2.30. The zero-order chi connectivity index (χ0) is 16.6. The van der Waals surface area contributed by atoms with Gasteiger partial charge < -0.3 is 5.73 Å². The summed E-state index contributed by atoms with van der Waals surface area (Å²) in [6, 6.07) is 4.54. The van der Waals surface area contributed by atoms with Gasteiger partial charge in [-0.15, -0.1) is 0 Å². The summed E-state index contributed by atoms with van der Waals surface area (Å²) in [6.07, 6.45) is 12.3. The highest BCUT2D eigenvalue weighted by Crippen LogP contribution is 2.26. The largest absolute Gasteiger partial charge is 0.322 e. The second kappa shape index (κ2) is 9.35. The molecular weight excluding hydrogens is 266 g/mol. The Labute approximate surface area is 138 Å². The van der Waals surface area contributed by atoms with Crippen molar-refractivity contribution in [1.82, 2.24) is 0 Å². The number of nitrogens with two attached hydrogens (primary N) is 1. The zero-order valence-corrected chi connectivity index (χ0v) is 15.6. The predicted octanol–water partition coefficient (Wildman–Crippen LogP) is 6.18. The molecule has 0 saturated carbocycles. The van der Waals surface area contributed by atoms with Crippen LogP contribution in [0.4, 0.5) is 0 Å². The minimum absolute atomic E-state index is 0.244. The minimum Gasteiger partial charge on any atom is -0.322 e. The molecule has 1 rings (SSSR count). The summed E-state index contributed by atoms with van der Waals surface area (Å²) >= 11 is 0. The van der Waals surface area contributed by atoms with Crippen molar-refractivity contribution in [2.45, 2.75) is 97.9 Å². The summed E-state index contributed by atoms with van der Waals surface area (Å²) in [4.78, 5) is 0. The first kappa shape index (κ1) is 19.2. The number of hydrogen-bond acceptors (Lipinski definition) is 1. The topological polar surface area (TPSA) is 26.0 Å². The molecule has 1 nitrogen and oxygen atoms in total. The Kier molecular flexibility index (Phi) is 8.17. The summed E-state index contributed by atoms with van der Waals surface area (Å²) in [6.45, 7) is 10.9. The molecule has 0 unspecified atom stereocenters. The number of aryl methyl sites for hydroxylation is 1. The van der Waals surface area contributed by atoms with Crippen LogP contribution in [0.2, 0.25) is 0 Å². The highest BCUT2D eigenvalue weighted by Gasteiger charge is 2.18.